The molecular formula is C12H20N6O2. The smallest absolute Gasteiger partial charge is 0.332 e. The highest BCUT2D eigenvalue weighted by atomic mass is 16.6. The van der Waals surface area contributed by atoms with Gasteiger partial charge in [0, 0.05) is 20.1 Å². The lowest BCUT2D eigenvalue weighted by atomic mass is 10.3. The predicted molar refractivity (Wildman–Crippen MR) is 76.8 cm³/mol. The number of anilines is 2. The van der Waals surface area contributed by atoms with Gasteiger partial charge in [-0.25, -0.2) is 4.98 Å². The Balaban J connectivity index is 2.15. The Labute approximate surface area is 117 Å². The van der Waals surface area contributed by atoms with Gasteiger partial charge in [0.2, 0.25) is 11.8 Å². The molecule has 1 aliphatic heterocycles. The van der Waals surface area contributed by atoms with Gasteiger partial charge in [-0.3, -0.25) is 10.1 Å². The SMILES string of the molecule is Cc1nc(N)nc(N(C)CCN2CCCC2)c1[N+](=O)[O-]. The molecule has 2 heterocycles. The first kappa shape index (κ1) is 14.4. The lowest BCUT2D eigenvalue weighted by Gasteiger charge is -2.22. The molecule has 1 aliphatic rings. The summed E-state index contributed by atoms with van der Waals surface area (Å²) in [5.41, 5.74) is 5.83. The van der Waals surface area contributed by atoms with E-state index in [-0.39, 0.29) is 11.6 Å². The van der Waals surface area contributed by atoms with Gasteiger partial charge in [0.05, 0.1) is 4.92 Å². The quantitative estimate of drug-likeness (QED) is 0.629. The van der Waals surface area contributed by atoms with Gasteiger partial charge in [0.25, 0.3) is 0 Å². The van der Waals surface area contributed by atoms with Gasteiger partial charge in [-0.05, 0) is 32.9 Å². The maximum Gasteiger partial charge on any atom is 0.332 e. The maximum absolute atomic E-state index is 11.2. The first-order valence-electron chi connectivity index (χ1n) is 6.71. The van der Waals surface area contributed by atoms with Crippen LogP contribution in [-0.2, 0) is 0 Å². The van der Waals surface area contributed by atoms with E-state index in [4.69, 9.17) is 5.73 Å². The van der Waals surface area contributed by atoms with Crippen LogP contribution < -0.4 is 10.6 Å². The zero-order chi connectivity index (χ0) is 14.7. The van der Waals surface area contributed by atoms with Crippen LogP contribution in [-0.4, -0.2) is 53.0 Å². The molecule has 0 atom stereocenters. The molecule has 0 spiro atoms. The summed E-state index contributed by atoms with van der Waals surface area (Å²) in [6.45, 7) is 5.32. The number of hydrogen-bond donors (Lipinski definition) is 1. The lowest BCUT2D eigenvalue weighted by molar-refractivity contribution is -0.385. The molecule has 110 valence electrons. The third-order valence-corrected chi connectivity index (χ3v) is 3.55. The summed E-state index contributed by atoms with van der Waals surface area (Å²) in [5.74, 6) is 0.357. The number of nitrogens with two attached hydrogens (primary N) is 1. The van der Waals surface area contributed by atoms with E-state index in [1.54, 1.807) is 18.9 Å². The van der Waals surface area contributed by atoms with Gasteiger partial charge in [-0.15, -0.1) is 0 Å². The number of nitrogen functional groups attached to an aromatic ring is 1. The first-order valence-corrected chi connectivity index (χ1v) is 6.71. The van der Waals surface area contributed by atoms with Crippen LogP contribution in [0.5, 0.6) is 0 Å². The molecule has 8 heteroatoms. The number of hydrogen-bond acceptors (Lipinski definition) is 7. The molecule has 0 bridgehead atoms. The number of likely N-dealkylation sites (N-methyl/N-ethyl adjacent to an activating group) is 1. The summed E-state index contributed by atoms with van der Waals surface area (Å²) in [6, 6.07) is 0. The Morgan fingerprint density at radius 2 is 2.05 bits per heavy atom. The fourth-order valence-electron chi connectivity index (χ4n) is 2.46. The van der Waals surface area contributed by atoms with Crippen LogP contribution >= 0.6 is 0 Å². The number of aromatic nitrogens is 2. The molecule has 0 unspecified atom stereocenters. The van der Waals surface area contributed by atoms with Crippen LogP contribution in [0.3, 0.4) is 0 Å². The molecule has 1 fully saturated rings. The van der Waals surface area contributed by atoms with E-state index < -0.39 is 4.92 Å². The van der Waals surface area contributed by atoms with E-state index in [9.17, 15) is 10.1 Å². The molecule has 8 nitrogen and oxygen atoms in total. The Kier molecular flexibility index (Phi) is 4.33. The molecule has 0 saturated carbocycles. The Morgan fingerprint density at radius 3 is 2.65 bits per heavy atom. The Bertz CT molecular complexity index is 501. The number of nitro groups is 1. The standard InChI is InChI=1S/C12H20N6O2/c1-9-10(18(19)20)11(15-12(13)14-9)16(2)7-8-17-5-3-4-6-17/h3-8H2,1-2H3,(H2,13,14,15). The Morgan fingerprint density at radius 1 is 1.40 bits per heavy atom. The van der Waals surface area contributed by atoms with Gasteiger partial charge in [0.15, 0.2) is 0 Å². The van der Waals surface area contributed by atoms with Crippen LogP contribution in [0, 0.1) is 17.0 Å². The minimum Gasteiger partial charge on any atom is -0.368 e. The highest BCUT2D eigenvalue weighted by Crippen LogP contribution is 2.28. The normalized spacial score (nSPS) is 15.5. The van der Waals surface area contributed by atoms with Crippen LogP contribution in [0.1, 0.15) is 18.5 Å². The molecule has 20 heavy (non-hydrogen) atoms. The molecule has 0 aliphatic carbocycles. The van der Waals surface area contributed by atoms with E-state index in [0.29, 0.717) is 18.1 Å². The molecule has 2 rings (SSSR count). The van der Waals surface area contributed by atoms with Crippen molar-refractivity contribution in [3.63, 3.8) is 0 Å². The van der Waals surface area contributed by atoms with Gasteiger partial charge in [0.1, 0.15) is 5.69 Å². The molecule has 0 radical (unpaired) electrons. The monoisotopic (exact) mass is 280 g/mol. The third kappa shape index (κ3) is 3.13. The van der Waals surface area contributed by atoms with Gasteiger partial charge < -0.3 is 15.5 Å². The number of rotatable bonds is 5. The Hall–Kier alpha value is -1.96. The van der Waals surface area contributed by atoms with Crippen molar-refractivity contribution in [1.29, 1.82) is 0 Å². The van der Waals surface area contributed by atoms with Crippen molar-refractivity contribution >= 4 is 17.5 Å². The summed E-state index contributed by atoms with van der Waals surface area (Å²) < 4.78 is 0. The second kappa shape index (κ2) is 6.00. The molecule has 0 amide bonds. The molecule has 2 N–H and O–H groups in total. The number of nitrogens with zero attached hydrogens (tertiary/aromatic N) is 5. The van der Waals surface area contributed by atoms with Crippen LogP contribution in [0.2, 0.25) is 0 Å². The molecule has 1 aromatic rings. The highest BCUT2D eigenvalue weighted by molar-refractivity contribution is 5.61. The lowest BCUT2D eigenvalue weighted by Crippen LogP contribution is -2.32. The largest absolute Gasteiger partial charge is 0.368 e. The van der Waals surface area contributed by atoms with Crippen molar-refractivity contribution in [3.8, 4) is 0 Å². The van der Waals surface area contributed by atoms with Crippen LogP contribution in [0.4, 0.5) is 17.5 Å². The average Bonchev–Trinajstić information content (AvgIpc) is 2.87. The fraction of sp³-hybridized carbons (Fsp3) is 0.667. The fourth-order valence-corrected chi connectivity index (χ4v) is 2.46. The summed E-state index contributed by atoms with van der Waals surface area (Å²) >= 11 is 0. The predicted octanol–water partition coefficient (Wildman–Crippen LogP) is 0.807. The topological polar surface area (TPSA) is 101 Å². The van der Waals surface area contributed by atoms with Crippen LogP contribution in [0.25, 0.3) is 0 Å². The summed E-state index contributed by atoms with van der Waals surface area (Å²) in [4.78, 5) is 22.7. The van der Waals surface area contributed by atoms with Crippen molar-refractivity contribution in [2.24, 2.45) is 0 Å². The maximum atomic E-state index is 11.2. The van der Waals surface area contributed by atoms with Gasteiger partial charge in [-0.1, -0.05) is 0 Å². The number of likely N-dealkylation sites (tertiary alicyclic amines) is 1. The van der Waals surface area contributed by atoms with Crippen LogP contribution in [0.15, 0.2) is 0 Å². The zero-order valence-electron chi connectivity index (χ0n) is 11.9. The zero-order valence-corrected chi connectivity index (χ0v) is 11.9. The number of aryl methyl sites for hydroxylation is 1. The van der Waals surface area contributed by atoms with E-state index in [0.717, 1.165) is 19.6 Å². The highest BCUT2D eigenvalue weighted by Gasteiger charge is 2.24. The summed E-state index contributed by atoms with van der Waals surface area (Å²) in [7, 11) is 1.80. The molecular weight excluding hydrogens is 260 g/mol. The summed E-state index contributed by atoms with van der Waals surface area (Å²) in [6.07, 6.45) is 2.45. The van der Waals surface area contributed by atoms with Crippen molar-refractivity contribution in [1.82, 2.24) is 14.9 Å². The minimum atomic E-state index is -0.448. The van der Waals surface area contributed by atoms with E-state index in [2.05, 4.69) is 14.9 Å². The van der Waals surface area contributed by atoms with Crippen molar-refractivity contribution in [2.75, 3.05) is 43.9 Å². The molecule has 1 saturated heterocycles. The first-order chi connectivity index (χ1) is 9.49. The summed E-state index contributed by atoms with van der Waals surface area (Å²) in [5, 5.41) is 11.2. The van der Waals surface area contributed by atoms with Crippen molar-refractivity contribution in [2.45, 2.75) is 19.8 Å². The second-order valence-corrected chi connectivity index (χ2v) is 5.07. The minimum absolute atomic E-state index is 0.0659. The molecule has 0 aromatic carbocycles. The van der Waals surface area contributed by atoms with Gasteiger partial charge in [-0.2, -0.15) is 4.98 Å². The van der Waals surface area contributed by atoms with Gasteiger partial charge >= 0.3 is 5.69 Å². The van der Waals surface area contributed by atoms with Crippen molar-refractivity contribution < 1.29 is 4.92 Å². The molecule has 1 aromatic heterocycles. The van der Waals surface area contributed by atoms with E-state index in [1.165, 1.54) is 12.8 Å². The van der Waals surface area contributed by atoms with E-state index in [1.807, 2.05) is 0 Å². The van der Waals surface area contributed by atoms with Crippen molar-refractivity contribution in [3.05, 3.63) is 15.8 Å². The average molecular weight is 280 g/mol. The third-order valence-electron chi connectivity index (χ3n) is 3.55. The van der Waals surface area contributed by atoms with E-state index >= 15 is 0 Å². The second-order valence-electron chi connectivity index (χ2n) is 5.07.